The maximum absolute atomic E-state index is 13.7. The van der Waals surface area contributed by atoms with Crippen LogP contribution in [0.1, 0.15) is 33.2 Å². The Morgan fingerprint density at radius 1 is 0.921 bits per heavy atom. The van der Waals surface area contributed by atoms with Crippen LogP contribution in [0.4, 0.5) is 0 Å². The van der Waals surface area contributed by atoms with Crippen LogP contribution < -0.4 is 5.32 Å². The lowest BCUT2D eigenvalue weighted by Crippen LogP contribution is -2.48. The van der Waals surface area contributed by atoms with E-state index in [4.69, 9.17) is 11.6 Å². The van der Waals surface area contributed by atoms with Crippen molar-refractivity contribution in [1.29, 1.82) is 0 Å². The molecule has 1 fully saturated rings. The molecule has 2 N–H and O–H groups in total. The van der Waals surface area contributed by atoms with E-state index in [2.05, 4.69) is 45.6 Å². The summed E-state index contributed by atoms with van der Waals surface area (Å²) in [6.45, 7) is 2.07. The molecule has 1 aromatic heterocycles. The number of aromatic amines is 1. The zero-order chi connectivity index (χ0) is 25.9. The minimum Gasteiger partial charge on any atom is -0.329 e. The van der Waals surface area contributed by atoms with Crippen molar-refractivity contribution >= 4 is 28.4 Å². The number of benzene rings is 4. The number of rotatable bonds is 3. The van der Waals surface area contributed by atoms with Gasteiger partial charge in [-0.15, -0.1) is 0 Å². The number of carbonyl (C=O) groups is 1. The molecule has 1 aliphatic rings. The Morgan fingerprint density at radius 3 is 2.55 bits per heavy atom. The molecule has 1 saturated heterocycles. The van der Waals surface area contributed by atoms with E-state index >= 15 is 0 Å². The number of nitrogens with zero attached hydrogens (tertiary/aromatic N) is 2. The number of halogens is 1. The first-order chi connectivity index (χ1) is 18.7. The molecule has 0 saturated carbocycles. The van der Waals surface area contributed by atoms with Crippen molar-refractivity contribution in [3.8, 4) is 23.0 Å². The van der Waals surface area contributed by atoms with Crippen LogP contribution in [0, 0.1) is 11.8 Å². The van der Waals surface area contributed by atoms with Crippen LogP contribution in [0.2, 0.25) is 5.02 Å². The minimum absolute atomic E-state index is 0.0112. The van der Waals surface area contributed by atoms with Gasteiger partial charge in [0.25, 0.3) is 5.91 Å². The molecular formula is C32H25ClN4O. The molecule has 186 valence electrons. The van der Waals surface area contributed by atoms with Gasteiger partial charge in [0.1, 0.15) is 5.69 Å². The van der Waals surface area contributed by atoms with Crippen molar-refractivity contribution in [2.75, 3.05) is 19.6 Å². The monoisotopic (exact) mass is 516 g/mol. The number of H-pyrrole nitrogens is 1. The van der Waals surface area contributed by atoms with Crippen LogP contribution in [0.3, 0.4) is 0 Å². The third-order valence-corrected chi connectivity index (χ3v) is 7.15. The normalized spacial score (nSPS) is 15.2. The van der Waals surface area contributed by atoms with Gasteiger partial charge in [0, 0.05) is 41.2 Å². The Balaban J connectivity index is 1.32. The molecule has 6 rings (SSSR count). The summed E-state index contributed by atoms with van der Waals surface area (Å²) in [6, 6.07) is 31.6. The molecule has 5 nitrogen and oxygen atoms in total. The van der Waals surface area contributed by atoms with Gasteiger partial charge in [-0.3, -0.25) is 9.89 Å². The molecule has 0 radical (unpaired) electrons. The Labute approximate surface area is 226 Å². The van der Waals surface area contributed by atoms with Gasteiger partial charge in [0.15, 0.2) is 0 Å². The molecule has 0 aliphatic carbocycles. The Kier molecular flexibility index (Phi) is 6.66. The number of piperazine rings is 1. The second-order valence-corrected chi connectivity index (χ2v) is 9.70. The molecule has 38 heavy (non-hydrogen) atoms. The zero-order valence-electron chi connectivity index (χ0n) is 20.6. The van der Waals surface area contributed by atoms with Crippen molar-refractivity contribution in [1.82, 2.24) is 20.4 Å². The van der Waals surface area contributed by atoms with Crippen LogP contribution >= 0.6 is 11.6 Å². The van der Waals surface area contributed by atoms with E-state index in [0.29, 0.717) is 29.4 Å². The number of aromatic nitrogens is 2. The first-order valence-corrected chi connectivity index (χ1v) is 13.0. The number of amides is 1. The maximum Gasteiger partial charge on any atom is 0.254 e. The van der Waals surface area contributed by atoms with Gasteiger partial charge < -0.3 is 10.2 Å². The molecule has 4 aromatic carbocycles. The highest BCUT2D eigenvalue weighted by molar-refractivity contribution is 6.30. The molecule has 0 spiro atoms. The van der Waals surface area contributed by atoms with Crippen LogP contribution in [0.25, 0.3) is 22.0 Å². The second kappa shape index (κ2) is 10.5. The molecule has 1 amide bonds. The fourth-order valence-electron chi connectivity index (χ4n) is 4.93. The molecule has 5 aromatic rings. The fourth-order valence-corrected chi connectivity index (χ4v) is 5.05. The summed E-state index contributed by atoms with van der Waals surface area (Å²) in [6.07, 6.45) is 0. The Bertz CT molecular complexity index is 1670. The number of hydrogen-bond acceptors (Lipinski definition) is 3. The van der Waals surface area contributed by atoms with E-state index in [1.807, 2.05) is 83.8 Å². The summed E-state index contributed by atoms with van der Waals surface area (Å²) >= 11 is 6.09. The highest BCUT2D eigenvalue weighted by Crippen LogP contribution is 2.27. The molecule has 0 bridgehead atoms. The molecule has 6 heteroatoms. The van der Waals surface area contributed by atoms with Crippen molar-refractivity contribution < 1.29 is 4.79 Å². The summed E-state index contributed by atoms with van der Waals surface area (Å²) in [5, 5.41) is 12.4. The first-order valence-electron chi connectivity index (χ1n) is 12.6. The average Bonchev–Trinajstić information content (AvgIpc) is 3.39. The highest BCUT2D eigenvalue weighted by Gasteiger charge is 2.29. The standard InChI is InChI=1S/C32H25ClN4O/c33-26-14-10-24(11-15-26)31-21-34-18-19-37(31)32(38)25-13-17-30-28(20-25)29(35-36-30)16-12-23-8-4-5-9-27(23)22-6-2-1-3-7-22/h1-11,13-15,17,20,31,34H,18-19,21H2,(H,35,36)/t31-/m1/s1. The predicted octanol–water partition coefficient (Wildman–Crippen LogP) is 6.07. The van der Waals surface area contributed by atoms with Crippen LogP contribution in [-0.2, 0) is 0 Å². The Morgan fingerprint density at radius 2 is 1.71 bits per heavy atom. The summed E-state index contributed by atoms with van der Waals surface area (Å²) < 4.78 is 0. The number of fused-ring (bicyclic) bond motifs is 1. The SMILES string of the molecule is O=C(c1ccc2n[nH]c(C#Cc3ccccc3-c3ccccc3)c2c1)N1CCNC[C@@H]1c1ccc(Cl)cc1. The smallest absolute Gasteiger partial charge is 0.254 e. The van der Waals surface area contributed by atoms with E-state index < -0.39 is 0 Å². The lowest BCUT2D eigenvalue weighted by Gasteiger charge is -2.36. The largest absolute Gasteiger partial charge is 0.329 e. The van der Waals surface area contributed by atoms with Crippen molar-refractivity contribution in [2.45, 2.75) is 6.04 Å². The van der Waals surface area contributed by atoms with Gasteiger partial charge in [-0.05, 0) is 59.0 Å². The van der Waals surface area contributed by atoms with Gasteiger partial charge in [-0.1, -0.05) is 78.2 Å². The van der Waals surface area contributed by atoms with E-state index in [0.717, 1.165) is 39.7 Å². The van der Waals surface area contributed by atoms with Gasteiger partial charge in [-0.2, -0.15) is 5.10 Å². The summed E-state index contributed by atoms with van der Waals surface area (Å²) in [7, 11) is 0. The third kappa shape index (κ3) is 4.80. The fraction of sp³-hybridized carbons (Fsp3) is 0.125. The predicted molar refractivity (Wildman–Crippen MR) is 152 cm³/mol. The van der Waals surface area contributed by atoms with Gasteiger partial charge in [0.2, 0.25) is 0 Å². The maximum atomic E-state index is 13.7. The molecule has 0 unspecified atom stereocenters. The van der Waals surface area contributed by atoms with Crippen molar-refractivity contribution in [3.63, 3.8) is 0 Å². The van der Waals surface area contributed by atoms with E-state index in [-0.39, 0.29) is 11.9 Å². The van der Waals surface area contributed by atoms with E-state index in [1.54, 1.807) is 0 Å². The molecule has 1 aliphatic heterocycles. The van der Waals surface area contributed by atoms with Crippen molar-refractivity contribution in [3.05, 3.63) is 124 Å². The Hall–Kier alpha value is -4.37. The highest BCUT2D eigenvalue weighted by atomic mass is 35.5. The van der Waals surface area contributed by atoms with Crippen LogP contribution in [-0.4, -0.2) is 40.6 Å². The van der Waals surface area contributed by atoms with Crippen LogP contribution in [0.5, 0.6) is 0 Å². The van der Waals surface area contributed by atoms with Crippen LogP contribution in [0.15, 0.2) is 97.1 Å². The second-order valence-electron chi connectivity index (χ2n) is 9.26. The lowest BCUT2D eigenvalue weighted by atomic mass is 10.00. The van der Waals surface area contributed by atoms with Gasteiger partial charge in [0.05, 0.1) is 11.6 Å². The molecule has 1 atom stereocenters. The minimum atomic E-state index is -0.0673. The number of hydrogen-bond donors (Lipinski definition) is 2. The lowest BCUT2D eigenvalue weighted by molar-refractivity contribution is 0.0634. The topological polar surface area (TPSA) is 61.0 Å². The first kappa shape index (κ1) is 24.0. The quantitative estimate of drug-likeness (QED) is 0.286. The summed E-state index contributed by atoms with van der Waals surface area (Å²) in [5.41, 5.74) is 6.26. The number of carbonyl (C=O) groups excluding carboxylic acids is 1. The molecule has 2 heterocycles. The van der Waals surface area contributed by atoms with Gasteiger partial charge >= 0.3 is 0 Å². The average molecular weight is 517 g/mol. The van der Waals surface area contributed by atoms with E-state index in [9.17, 15) is 4.79 Å². The zero-order valence-corrected chi connectivity index (χ0v) is 21.4. The third-order valence-electron chi connectivity index (χ3n) is 6.89. The summed E-state index contributed by atoms with van der Waals surface area (Å²) in [5.74, 6) is 6.57. The number of nitrogens with one attached hydrogen (secondary N) is 2. The van der Waals surface area contributed by atoms with E-state index in [1.165, 1.54) is 0 Å². The summed E-state index contributed by atoms with van der Waals surface area (Å²) in [4.78, 5) is 15.6. The van der Waals surface area contributed by atoms with Gasteiger partial charge in [-0.25, -0.2) is 0 Å². The molecular weight excluding hydrogens is 492 g/mol. The van der Waals surface area contributed by atoms with Crippen molar-refractivity contribution in [2.24, 2.45) is 0 Å².